The van der Waals surface area contributed by atoms with Gasteiger partial charge in [0.25, 0.3) is 0 Å². The van der Waals surface area contributed by atoms with Crippen molar-refractivity contribution in [3.63, 3.8) is 0 Å². The molecule has 1 amide bonds. The van der Waals surface area contributed by atoms with E-state index in [0.29, 0.717) is 13.1 Å². The molecule has 6 nitrogen and oxygen atoms in total. The summed E-state index contributed by atoms with van der Waals surface area (Å²) in [4.78, 5) is 13.7. The van der Waals surface area contributed by atoms with Gasteiger partial charge < -0.3 is 15.0 Å². The second-order valence-corrected chi connectivity index (χ2v) is 5.81. The summed E-state index contributed by atoms with van der Waals surface area (Å²) in [6.45, 7) is 7.60. The molecule has 2 heterocycles. The number of fused-ring (bicyclic) bond motifs is 1. The predicted molar refractivity (Wildman–Crippen MR) is 71.7 cm³/mol. The van der Waals surface area contributed by atoms with Crippen LogP contribution in [0.4, 0.5) is 4.79 Å². The number of nitrogens with one attached hydrogen (secondary N) is 2. The van der Waals surface area contributed by atoms with E-state index < -0.39 is 5.60 Å². The third-order valence-electron chi connectivity index (χ3n) is 3.02. The molecule has 1 aliphatic heterocycles. The minimum Gasteiger partial charge on any atom is -0.444 e. The lowest BCUT2D eigenvalue weighted by molar-refractivity contribution is 0.0221. The van der Waals surface area contributed by atoms with E-state index in [4.69, 9.17) is 4.74 Å². The number of H-pyrrole nitrogens is 1. The normalized spacial score (nSPS) is 15.3. The summed E-state index contributed by atoms with van der Waals surface area (Å²) in [7, 11) is 1.90. The molecule has 6 heteroatoms. The first kappa shape index (κ1) is 13.9. The topological polar surface area (TPSA) is 70.2 Å². The fourth-order valence-corrected chi connectivity index (χ4v) is 2.18. The second kappa shape index (κ2) is 5.21. The molecule has 0 fully saturated rings. The van der Waals surface area contributed by atoms with Crippen LogP contribution in [0.2, 0.25) is 0 Å². The Hall–Kier alpha value is -1.56. The van der Waals surface area contributed by atoms with Gasteiger partial charge in [0.2, 0.25) is 0 Å². The van der Waals surface area contributed by atoms with Gasteiger partial charge in [-0.05, 0) is 34.2 Å². The first-order valence-electron chi connectivity index (χ1n) is 6.58. The molecule has 0 aliphatic carbocycles. The van der Waals surface area contributed by atoms with Gasteiger partial charge in [-0.2, -0.15) is 5.10 Å². The Morgan fingerprint density at radius 3 is 2.89 bits per heavy atom. The van der Waals surface area contributed by atoms with Gasteiger partial charge in [0.05, 0.1) is 17.9 Å². The fraction of sp³-hybridized carbons (Fsp3) is 0.692. The van der Waals surface area contributed by atoms with Gasteiger partial charge in [-0.15, -0.1) is 0 Å². The van der Waals surface area contributed by atoms with E-state index in [1.807, 2.05) is 27.8 Å². The lowest BCUT2D eigenvalue weighted by atomic mass is 10.0. The molecule has 0 radical (unpaired) electrons. The number of hydrogen-bond acceptors (Lipinski definition) is 4. The first-order valence-corrected chi connectivity index (χ1v) is 6.58. The van der Waals surface area contributed by atoms with Crippen LogP contribution in [0.3, 0.4) is 0 Å². The minimum absolute atomic E-state index is 0.261. The number of amides is 1. The number of carbonyl (C=O) groups excluding carboxylic acids is 1. The average Bonchev–Trinajstić information content (AvgIpc) is 2.70. The molecule has 0 aromatic carbocycles. The van der Waals surface area contributed by atoms with Gasteiger partial charge >= 0.3 is 6.09 Å². The molecule has 1 aliphatic rings. The maximum atomic E-state index is 12.0. The van der Waals surface area contributed by atoms with E-state index in [2.05, 4.69) is 15.5 Å². The number of carbonyl (C=O) groups is 1. The van der Waals surface area contributed by atoms with Crippen LogP contribution >= 0.6 is 0 Å². The van der Waals surface area contributed by atoms with Crippen molar-refractivity contribution in [1.29, 1.82) is 0 Å². The molecular formula is C13H22N4O2. The summed E-state index contributed by atoms with van der Waals surface area (Å²) in [5, 5.41) is 10.4. The Kier molecular flexibility index (Phi) is 3.80. The van der Waals surface area contributed by atoms with Crippen LogP contribution in [0.1, 0.15) is 37.7 Å². The van der Waals surface area contributed by atoms with Crippen molar-refractivity contribution in [2.24, 2.45) is 0 Å². The number of ether oxygens (including phenoxy) is 1. The minimum atomic E-state index is -0.456. The van der Waals surface area contributed by atoms with Crippen LogP contribution in [-0.4, -0.2) is 40.4 Å². The highest BCUT2D eigenvalue weighted by Gasteiger charge is 2.27. The first-order chi connectivity index (χ1) is 8.90. The van der Waals surface area contributed by atoms with Crippen molar-refractivity contribution >= 4 is 6.09 Å². The van der Waals surface area contributed by atoms with Gasteiger partial charge in [0, 0.05) is 18.7 Å². The summed E-state index contributed by atoms with van der Waals surface area (Å²) < 4.78 is 5.39. The van der Waals surface area contributed by atoms with Crippen molar-refractivity contribution in [1.82, 2.24) is 20.4 Å². The van der Waals surface area contributed by atoms with Gasteiger partial charge in [0.1, 0.15) is 5.60 Å². The smallest absolute Gasteiger partial charge is 0.410 e. The molecule has 0 saturated carbocycles. The SMILES string of the molecule is CNCc1n[nH]c2c1CCN(C(=O)OC(C)(C)C)C2. The highest BCUT2D eigenvalue weighted by molar-refractivity contribution is 5.68. The van der Waals surface area contributed by atoms with Crippen molar-refractivity contribution in [3.05, 3.63) is 17.0 Å². The molecule has 1 aromatic heterocycles. The Balaban J connectivity index is 2.04. The molecular weight excluding hydrogens is 244 g/mol. The van der Waals surface area contributed by atoms with Crippen LogP contribution < -0.4 is 5.32 Å². The number of nitrogens with zero attached hydrogens (tertiary/aromatic N) is 2. The van der Waals surface area contributed by atoms with Crippen molar-refractivity contribution < 1.29 is 9.53 Å². The zero-order valence-corrected chi connectivity index (χ0v) is 12.0. The summed E-state index contributed by atoms with van der Waals surface area (Å²) in [6, 6.07) is 0. The highest BCUT2D eigenvalue weighted by atomic mass is 16.6. The quantitative estimate of drug-likeness (QED) is 0.849. The van der Waals surface area contributed by atoms with E-state index in [0.717, 1.165) is 24.4 Å². The van der Waals surface area contributed by atoms with E-state index in [1.54, 1.807) is 4.90 Å². The monoisotopic (exact) mass is 266 g/mol. The van der Waals surface area contributed by atoms with Crippen molar-refractivity contribution in [3.8, 4) is 0 Å². The van der Waals surface area contributed by atoms with Crippen LogP contribution in [0.25, 0.3) is 0 Å². The second-order valence-electron chi connectivity index (χ2n) is 5.81. The largest absolute Gasteiger partial charge is 0.444 e. The fourth-order valence-electron chi connectivity index (χ4n) is 2.18. The summed E-state index contributed by atoms with van der Waals surface area (Å²) >= 11 is 0. The zero-order valence-electron chi connectivity index (χ0n) is 12.0. The zero-order chi connectivity index (χ0) is 14.0. The number of hydrogen-bond donors (Lipinski definition) is 2. The lowest BCUT2D eigenvalue weighted by Gasteiger charge is -2.29. The van der Waals surface area contributed by atoms with Crippen LogP contribution in [-0.2, 0) is 24.2 Å². The Bertz CT molecular complexity index is 462. The molecule has 0 unspecified atom stereocenters. The van der Waals surface area contributed by atoms with E-state index in [-0.39, 0.29) is 6.09 Å². The third kappa shape index (κ3) is 3.26. The average molecular weight is 266 g/mol. The number of aromatic amines is 1. The molecule has 0 spiro atoms. The molecule has 0 bridgehead atoms. The predicted octanol–water partition coefficient (Wildman–Crippen LogP) is 1.42. The molecule has 2 N–H and O–H groups in total. The number of rotatable bonds is 2. The maximum absolute atomic E-state index is 12.0. The Morgan fingerprint density at radius 1 is 1.53 bits per heavy atom. The van der Waals surface area contributed by atoms with Gasteiger partial charge in [-0.25, -0.2) is 4.79 Å². The van der Waals surface area contributed by atoms with Crippen LogP contribution in [0, 0.1) is 0 Å². The Morgan fingerprint density at radius 2 is 2.26 bits per heavy atom. The van der Waals surface area contributed by atoms with Gasteiger partial charge in [0.15, 0.2) is 0 Å². The maximum Gasteiger partial charge on any atom is 0.410 e. The van der Waals surface area contributed by atoms with Crippen LogP contribution in [0.15, 0.2) is 0 Å². The summed E-state index contributed by atoms with van der Waals surface area (Å²) in [5.41, 5.74) is 2.83. The van der Waals surface area contributed by atoms with Gasteiger partial charge in [-0.1, -0.05) is 0 Å². The van der Waals surface area contributed by atoms with E-state index in [9.17, 15) is 4.79 Å². The molecule has 0 saturated heterocycles. The molecule has 19 heavy (non-hydrogen) atoms. The van der Waals surface area contributed by atoms with Crippen molar-refractivity contribution in [2.45, 2.75) is 45.9 Å². The van der Waals surface area contributed by atoms with E-state index in [1.165, 1.54) is 5.56 Å². The van der Waals surface area contributed by atoms with Gasteiger partial charge in [-0.3, -0.25) is 5.10 Å². The molecule has 2 rings (SSSR count). The Labute approximate surface area is 113 Å². The van der Waals surface area contributed by atoms with Crippen molar-refractivity contribution in [2.75, 3.05) is 13.6 Å². The standard InChI is InChI=1S/C13H22N4O2/c1-13(2,3)19-12(18)17-6-5-9-10(7-14-4)15-16-11(9)8-17/h14H,5-8H2,1-4H3,(H,15,16). The molecule has 0 atom stereocenters. The third-order valence-corrected chi connectivity index (χ3v) is 3.02. The molecule has 106 valence electrons. The molecule has 1 aromatic rings. The summed E-state index contributed by atoms with van der Waals surface area (Å²) in [5.74, 6) is 0. The van der Waals surface area contributed by atoms with Crippen LogP contribution in [0.5, 0.6) is 0 Å². The van der Waals surface area contributed by atoms with E-state index >= 15 is 0 Å². The lowest BCUT2D eigenvalue weighted by Crippen LogP contribution is -2.40. The highest BCUT2D eigenvalue weighted by Crippen LogP contribution is 2.21. The summed E-state index contributed by atoms with van der Waals surface area (Å²) in [6.07, 6.45) is 0.560. The number of aromatic nitrogens is 2.